The van der Waals surface area contributed by atoms with E-state index in [1.54, 1.807) is 7.05 Å². The Kier molecular flexibility index (Phi) is 2.34. The van der Waals surface area contributed by atoms with Gasteiger partial charge in [-0.1, -0.05) is 6.07 Å². The van der Waals surface area contributed by atoms with E-state index in [1.165, 1.54) is 4.57 Å². The third-order valence-electron chi connectivity index (χ3n) is 3.46. The zero-order chi connectivity index (χ0) is 12.0. The Morgan fingerprint density at radius 3 is 2.82 bits per heavy atom. The first kappa shape index (κ1) is 10.9. The first-order chi connectivity index (χ1) is 8.16. The number of hydrogen-bond acceptors (Lipinski definition) is 4. The topological polar surface area (TPSA) is 44.4 Å². The summed E-state index contributed by atoms with van der Waals surface area (Å²) in [5.74, 6) is 0.400. The summed E-state index contributed by atoms with van der Waals surface area (Å²) < 4.78 is 12.0. The van der Waals surface area contributed by atoms with Crippen LogP contribution in [0.5, 0.6) is 0 Å². The van der Waals surface area contributed by atoms with Gasteiger partial charge in [0.05, 0.1) is 24.1 Å². The van der Waals surface area contributed by atoms with E-state index >= 15 is 0 Å². The summed E-state index contributed by atoms with van der Waals surface area (Å²) in [7, 11) is 1.70. The highest BCUT2D eigenvalue weighted by Gasteiger charge is 2.39. The molecule has 0 radical (unpaired) electrons. The predicted molar refractivity (Wildman–Crippen MR) is 67.8 cm³/mol. The Morgan fingerprint density at radius 2 is 2.24 bits per heavy atom. The number of fused-ring (bicyclic) bond motifs is 1. The van der Waals surface area contributed by atoms with Crippen molar-refractivity contribution in [2.45, 2.75) is 5.41 Å². The average Bonchev–Trinajstić information content (AvgIpc) is 2.54. The van der Waals surface area contributed by atoms with Gasteiger partial charge in [0.2, 0.25) is 0 Å². The molecule has 3 rings (SSSR count). The molecule has 1 aliphatic heterocycles. The molecule has 1 aromatic heterocycles. The first-order valence-electron chi connectivity index (χ1n) is 5.45. The second-order valence-electron chi connectivity index (χ2n) is 4.54. The third kappa shape index (κ3) is 1.46. The molecule has 1 aliphatic rings. The summed E-state index contributed by atoms with van der Waals surface area (Å²) >= 11 is 4.39. The number of oxazole rings is 1. The van der Waals surface area contributed by atoms with Crippen LogP contribution in [0.1, 0.15) is 5.56 Å². The molecule has 2 heterocycles. The molecule has 0 bridgehead atoms. The van der Waals surface area contributed by atoms with Gasteiger partial charge in [-0.05, 0) is 17.7 Å². The van der Waals surface area contributed by atoms with Crippen LogP contribution in [0, 0.1) is 0 Å². The molecule has 1 fully saturated rings. The minimum atomic E-state index is -0.332. The summed E-state index contributed by atoms with van der Waals surface area (Å²) in [6, 6.07) is 5.87. The molecule has 2 aromatic rings. The Labute approximate surface area is 104 Å². The standard InChI is InChI=1S/C12H13NO3S/c1-13-9-3-2-8(4-10(9)16-11(13)14)12(7-17)5-15-6-12/h2-4,17H,5-7H2,1H3. The number of aryl methyl sites for hydroxylation is 1. The van der Waals surface area contributed by atoms with Gasteiger partial charge in [0.25, 0.3) is 0 Å². The lowest BCUT2D eigenvalue weighted by atomic mass is 9.80. The molecule has 0 atom stereocenters. The van der Waals surface area contributed by atoms with Gasteiger partial charge in [0.1, 0.15) is 0 Å². The summed E-state index contributed by atoms with van der Waals surface area (Å²) in [6.45, 7) is 1.36. The highest BCUT2D eigenvalue weighted by molar-refractivity contribution is 7.80. The van der Waals surface area contributed by atoms with Crippen molar-refractivity contribution in [3.05, 3.63) is 34.3 Å². The molecule has 0 aliphatic carbocycles. The van der Waals surface area contributed by atoms with Crippen LogP contribution in [-0.4, -0.2) is 23.5 Å². The lowest BCUT2D eigenvalue weighted by molar-refractivity contribution is -0.0470. The van der Waals surface area contributed by atoms with Crippen LogP contribution in [0.25, 0.3) is 11.1 Å². The smallest absolute Gasteiger partial charge is 0.408 e. The molecule has 0 spiro atoms. The van der Waals surface area contributed by atoms with Crippen molar-refractivity contribution in [3.63, 3.8) is 0 Å². The van der Waals surface area contributed by atoms with Crippen molar-refractivity contribution < 1.29 is 9.15 Å². The molecule has 1 aromatic carbocycles. The van der Waals surface area contributed by atoms with E-state index in [1.807, 2.05) is 18.2 Å². The van der Waals surface area contributed by atoms with Gasteiger partial charge < -0.3 is 9.15 Å². The fraction of sp³-hybridized carbons (Fsp3) is 0.417. The van der Waals surface area contributed by atoms with Crippen molar-refractivity contribution in [3.8, 4) is 0 Å². The van der Waals surface area contributed by atoms with Crippen LogP contribution in [-0.2, 0) is 17.2 Å². The number of thiol groups is 1. The van der Waals surface area contributed by atoms with Crippen molar-refractivity contribution >= 4 is 23.7 Å². The van der Waals surface area contributed by atoms with E-state index in [2.05, 4.69) is 12.6 Å². The fourth-order valence-corrected chi connectivity index (χ4v) is 2.53. The highest BCUT2D eigenvalue weighted by Crippen LogP contribution is 2.34. The lowest BCUT2D eigenvalue weighted by Crippen LogP contribution is -2.48. The number of hydrogen-bond donors (Lipinski definition) is 1. The minimum absolute atomic E-state index is 0.0221. The van der Waals surface area contributed by atoms with Gasteiger partial charge in [0.15, 0.2) is 5.58 Å². The summed E-state index contributed by atoms with van der Waals surface area (Å²) in [4.78, 5) is 11.4. The van der Waals surface area contributed by atoms with Crippen molar-refractivity contribution in [2.24, 2.45) is 7.05 Å². The number of rotatable bonds is 2. The molecule has 0 unspecified atom stereocenters. The summed E-state index contributed by atoms with van der Waals surface area (Å²) in [5, 5.41) is 0. The number of aromatic nitrogens is 1. The Balaban J connectivity index is 2.17. The van der Waals surface area contributed by atoms with E-state index in [9.17, 15) is 4.79 Å². The van der Waals surface area contributed by atoms with E-state index in [0.29, 0.717) is 18.8 Å². The SMILES string of the molecule is Cn1c(=O)oc2cc(C3(CS)COC3)ccc21. The molecule has 0 amide bonds. The first-order valence-corrected chi connectivity index (χ1v) is 6.08. The van der Waals surface area contributed by atoms with Gasteiger partial charge >= 0.3 is 5.76 Å². The van der Waals surface area contributed by atoms with Crippen LogP contribution in [0.3, 0.4) is 0 Å². The average molecular weight is 251 g/mol. The number of benzene rings is 1. The molecule has 0 N–H and O–H groups in total. The van der Waals surface area contributed by atoms with E-state index in [0.717, 1.165) is 16.8 Å². The zero-order valence-electron chi connectivity index (χ0n) is 9.47. The second kappa shape index (κ2) is 3.65. The van der Waals surface area contributed by atoms with Gasteiger partial charge in [-0.2, -0.15) is 12.6 Å². The monoisotopic (exact) mass is 251 g/mol. The fourth-order valence-electron chi connectivity index (χ4n) is 2.16. The van der Waals surface area contributed by atoms with Crippen molar-refractivity contribution in [2.75, 3.05) is 19.0 Å². The summed E-state index contributed by atoms with van der Waals surface area (Å²) in [5.41, 5.74) is 2.54. The molecule has 90 valence electrons. The minimum Gasteiger partial charge on any atom is -0.408 e. The molecular weight excluding hydrogens is 238 g/mol. The lowest BCUT2D eigenvalue weighted by Gasteiger charge is -2.40. The third-order valence-corrected chi connectivity index (χ3v) is 4.07. The van der Waals surface area contributed by atoms with Crippen LogP contribution in [0.15, 0.2) is 27.4 Å². The van der Waals surface area contributed by atoms with Gasteiger partial charge in [-0.3, -0.25) is 4.57 Å². The molecule has 0 saturated carbocycles. The second-order valence-corrected chi connectivity index (χ2v) is 4.86. The maximum atomic E-state index is 11.4. The van der Waals surface area contributed by atoms with Gasteiger partial charge in [-0.15, -0.1) is 0 Å². The van der Waals surface area contributed by atoms with Crippen molar-refractivity contribution in [1.82, 2.24) is 4.57 Å². The quantitative estimate of drug-likeness (QED) is 0.819. The zero-order valence-corrected chi connectivity index (χ0v) is 10.4. The van der Waals surface area contributed by atoms with E-state index in [-0.39, 0.29) is 11.2 Å². The van der Waals surface area contributed by atoms with Crippen LogP contribution < -0.4 is 5.76 Å². The molecule has 1 saturated heterocycles. The van der Waals surface area contributed by atoms with Crippen LogP contribution in [0.4, 0.5) is 0 Å². The molecule has 5 heteroatoms. The highest BCUT2D eigenvalue weighted by atomic mass is 32.1. The molecule has 4 nitrogen and oxygen atoms in total. The number of ether oxygens (including phenoxy) is 1. The van der Waals surface area contributed by atoms with Gasteiger partial charge in [-0.25, -0.2) is 4.79 Å². The van der Waals surface area contributed by atoms with Gasteiger partial charge in [0, 0.05) is 12.8 Å². The maximum Gasteiger partial charge on any atom is 0.419 e. The van der Waals surface area contributed by atoms with E-state index in [4.69, 9.17) is 9.15 Å². The normalized spacial score (nSPS) is 18.2. The Bertz CT molecular complexity index is 619. The van der Waals surface area contributed by atoms with E-state index < -0.39 is 0 Å². The van der Waals surface area contributed by atoms with Crippen LogP contribution >= 0.6 is 12.6 Å². The predicted octanol–water partition coefficient (Wildman–Crippen LogP) is 1.33. The molecule has 17 heavy (non-hydrogen) atoms. The largest absolute Gasteiger partial charge is 0.419 e. The maximum absolute atomic E-state index is 11.4. The Hall–Kier alpha value is -1.20. The van der Waals surface area contributed by atoms with Crippen LogP contribution in [0.2, 0.25) is 0 Å². The Morgan fingerprint density at radius 1 is 1.47 bits per heavy atom. The van der Waals surface area contributed by atoms with Crippen molar-refractivity contribution in [1.29, 1.82) is 0 Å². The number of nitrogens with zero attached hydrogens (tertiary/aromatic N) is 1. The molecular formula is C12H13NO3S. The summed E-state index contributed by atoms with van der Waals surface area (Å²) in [6.07, 6.45) is 0.